The van der Waals surface area contributed by atoms with Crippen molar-refractivity contribution in [3.63, 3.8) is 0 Å². The summed E-state index contributed by atoms with van der Waals surface area (Å²) in [6.07, 6.45) is 0.609. The molecule has 3 N–H and O–H groups in total. The number of aliphatic carboxylic acids is 1. The van der Waals surface area contributed by atoms with Gasteiger partial charge in [0, 0.05) is 83.6 Å². The van der Waals surface area contributed by atoms with E-state index in [2.05, 4.69) is 16.0 Å². The molecule has 12 heteroatoms. The fourth-order valence-corrected chi connectivity index (χ4v) is 8.79. The van der Waals surface area contributed by atoms with Crippen molar-refractivity contribution in [2.45, 2.75) is 200 Å². The largest absolute Gasteiger partial charge is 1.00 e. The predicted molar refractivity (Wildman–Crippen MR) is 184 cm³/mol. The molecule has 11 nitrogen and oxygen atoms in total. The van der Waals surface area contributed by atoms with Crippen molar-refractivity contribution in [1.29, 1.82) is 0 Å². The van der Waals surface area contributed by atoms with E-state index in [9.17, 15) is 24.3 Å². The van der Waals surface area contributed by atoms with Crippen LogP contribution in [0.2, 0.25) is 0 Å². The number of carbonyl (C=O) groups is 4. The molecule has 0 spiro atoms. The van der Waals surface area contributed by atoms with E-state index in [0.29, 0.717) is 38.5 Å². The third-order valence-electron chi connectivity index (χ3n) is 9.20. The molecule has 3 aliphatic heterocycles. The number of hydrogen-bond acceptors (Lipinski definition) is 11. The van der Waals surface area contributed by atoms with Crippen LogP contribution < -0.4 is 90.0 Å². The van der Waals surface area contributed by atoms with Crippen molar-refractivity contribution < 1.29 is 107 Å². The molecule has 0 aromatic heterocycles. The van der Waals surface area contributed by atoms with Crippen LogP contribution >= 0.6 is 0 Å². The summed E-state index contributed by atoms with van der Waals surface area (Å²) in [5.41, 5.74) is -1.88. The third kappa shape index (κ3) is 15.8. The van der Waals surface area contributed by atoms with Crippen molar-refractivity contribution in [1.82, 2.24) is 16.0 Å². The molecule has 0 radical (unpaired) electrons. The Labute approximate surface area is 355 Å². The molecule has 2 unspecified atom stereocenters. The summed E-state index contributed by atoms with van der Waals surface area (Å²) in [4.78, 5) is 53.1. The average molecular weight is 814 g/mol. The first-order chi connectivity index (χ1) is 21.7. The van der Waals surface area contributed by atoms with Crippen molar-refractivity contribution in [3.8, 4) is 0 Å². The van der Waals surface area contributed by atoms with E-state index in [-0.39, 0.29) is 102 Å². The summed E-state index contributed by atoms with van der Waals surface area (Å²) < 4.78 is 17.6. The van der Waals surface area contributed by atoms with Gasteiger partial charge >= 0.3 is 86.8 Å². The van der Waals surface area contributed by atoms with Gasteiger partial charge in [-0.15, -0.1) is 0 Å². The Morgan fingerprint density at radius 1 is 0.531 bits per heavy atom. The zero-order valence-electron chi connectivity index (χ0n) is 33.3. The van der Waals surface area contributed by atoms with Crippen LogP contribution in [0.4, 0.5) is 0 Å². The maximum Gasteiger partial charge on any atom is 1.00 e. The second kappa shape index (κ2) is 17.8. The van der Waals surface area contributed by atoms with Gasteiger partial charge in [-0.1, -0.05) is 13.8 Å². The Kier molecular flexibility index (Phi) is 17.0. The SMILES string of the molecule is CC.CC1(C)CC(OC(=O)CC(C(=O)[O-])C(CC(=O)OC2CC(C)(C)NC(C)(C)C2)C(=O)OC2CC(C)(C)NC(C)(C)C2)CC(C)(C)N1.[Cs+]. The molecule has 0 aromatic carbocycles. The molecular weight excluding hydrogens is 747 g/mol. The summed E-state index contributed by atoms with van der Waals surface area (Å²) in [5, 5.41) is 23.2. The zero-order chi connectivity index (χ0) is 37.1. The minimum Gasteiger partial charge on any atom is -0.550 e. The quantitative estimate of drug-likeness (QED) is 0.216. The van der Waals surface area contributed by atoms with Crippen LogP contribution in [0.1, 0.15) is 148 Å². The van der Waals surface area contributed by atoms with Crippen molar-refractivity contribution in [3.05, 3.63) is 0 Å². The summed E-state index contributed by atoms with van der Waals surface area (Å²) in [6, 6.07) is 0. The smallest absolute Gasteiger partial charge is 0.550 e. The number of carboxylic acids is 1. The maximum atomic E-state index is 13.8. The molecule has 3 aliphatic rings. The third-order valence-corrected chi connectivity index (χ3v) is 9.20. The van der Waals surface area contributed by atoms with Crippen LogP contribution in [-0.2, 0) is 33.4 Å². The molecule has 3 fully saturated rings. The number of carboxylic acid groups (broad SMARTS) is 1. The second-order valence-electron chi connectivity index (χ2n) is 18.1. The Morgan fingerprint density at radius 2 is 0.776 bits per heavy atom. The van der Waals surface area contributed by atoms with E-state index >= 15 is 0 Å². The van der Waals surface area contributed by atoms with Crippen LogP contribution in [0, 0.1) is 11.8 Å². The fourth-order valence-electron chi connectivity index (χ4n) is 8.79. The van der Waals surface area contributed by atoms with E-state index in [4.69, 9.17) is 14.2 Å². The summed E-state index contributed by atoms with van der Waals surface area (Å²) in [7, 11) is 0. The van der Waals surface area contributed by atoms with E-state index < -0.39 is 66.9 Å². The van der Waals surface area contributed by atoms with E-state index in [1.54, 1.807) is 0 Å². The van der Waals surface area contributed by atoms with Crippen molar-refractivity contribution in [2.75, 3.05) is 0 Å². The summed E-state index contributed by atoms with van der Waals surface area (Å²) in [6.45, 7) is 28.2. The van der Waals surface area contributed by atoms with Gasteiger partial charge in [-0.2, -0.15) is 0 Å². The fraction of sp³-hybridized carbons (Fsp3) is 0.892. The number of carbonyl (C=O) groups excluding carboxylic acids is 4. The van der Waals surface area contributed by atoms with Crippen LogP contribution in [0.25, 0.3) is 0 Å². The Bertz CT molecular complexity index is 1120. The van der Waals surface area contributed by atoms with Gasteiger partial charge in [0.1, 0.15) is 18.3 Å². The minimum atomic E-state index is -1.64. The van der Waals surface area contributed by atoms with Crippen LogP contribution in [0.15, 0.2) is 0 Å². The number of ether oxygens (including phenoxy) is 3. The number of esters is 3. The molecule has 0 amide bonds. The second-order valence-corrected chi connectivity index (χ2v) is 18.1. The van der Waals surface area contributed by atoms with Gasteiger partial charge in [-0.05, 0) is 83.1 Å². The van der Waals surface area contributed by atoms with Crippen molar-refractivity contribution >= 4 is 23.9 Å². The topological polar surface area (TPSA) is 155 Å². The molecule has 2 atom stereocenters. The Balaban J connectivity index is 0.00000393. The molecule has 0 bridgehead atoms. The number of piperidine rings is 3. The first kappa shape index (κ1) is 46.8. The van der Waals surface area contributed by atoms with E-state index in [1.165, 1.54) is 0 Å². The predicted octanol–water partition coefficient (Wildman–Crippen LogP) is 1.34. The van der Waals surface area contributed by atoms with Gasteiger partial charge in [-0.25, -0.2) is 0 Å². The number of rotatable bonds is 10. The van der Waals surface area contributed by atoms with E-state index in [1.807, 2.05) is 96.9 Å². The molecule has 0 saturated carbocycles. The normalized spacial score (nSPS) is 25.2. The van der Waals surface area contributed by atoms with E-state index in [0.717, 1.165) is 0 Å². The summed E-state index contributed by atoms with van der Waals surface area (Å²) in [5.74, 6) is -7.08. The summed E-state index contributed by atoms with van der Waals surface area (Å²) >= 11 is 0. The van der Waals surface area contributed by atoms with Crippen LogP contribution in [0.3, 0.4) is 0 Å². The Morgan fingerprint density at radius 3 is 1.04 bits per heavy atom. The molecule has 0 aromatic rings. The maximum absolute atomic E-state index is 13.8. The molecule has 3 rings (SSSR count). The van der Waals surface area contributed by atoms with Gasteiger partial charge in [0.25, 0.3) is 0 Å². The monoisotopic (exact) mass is 813 g/mol. The molecule has 278 valence electrons. The average Bonchev–Trinajstić information content (AvgIpc) is 2.81. The van der Waals surface area contributed by atoms with Crippen molar-refractivity contribution in [2.24, 2.45) is 11.8 Å². The molecule has 49 heavy (non-hydrogen) atoms. The minimum absolute atomic E-state index is 0. The van der Waals surface area contributed by atoms with Gasteiger partial charge in [-0.3, -0.25) is 14.4 Å². The van der Waals surface area contributed by atoms with Crippen LogP contribution in [-0.4, -0.2) is 75.4 Å². The molecule has 3 saturated heterocycles. The standard InChI is InChI=1S/C35H61N3O8.C2H6.Cs/c1-30(2)15-21(16-31(3,4)36-30)44-26(39)13-24(28(41)42)25(29(43)46-23-19-34(9,10)38-35(11,12)20-23)14-27(40)45-22-17-32(5,6)37-33(7,8)18-22;1-2;/h21-25,36-38H,13-20H2,1-12H3,(H,41,42);1-2H3;/q;;+1/p-1. The zero-order valence-corrected chi connectivity index (χ0v) is 39.6. The first-order valence-electron chi connectivity index (χ1n) is 17.8. The number of nitrogens with one attached hydrogen (secondary N) is 3. The van der Waals surface area contributed by atoms with Gasteiger partial charge < -0.3 is 40.1 Å². The number of hydrogen-bond donors (Lipinski definition) is 3. The van der Waals surface area contributed by atoms with Gasteiger partial charge in [0.15, 0.2) is 0 Å². The van der Waals surface area contributed by atoms with Crippen LogP contribution in [0.5, 0.6) is 0 Å². The van der Waals surface area contributed by atoms with Gasteiger partial charge in [0.2, 0.25) is 0 Å². The van der Waals surface area contributed by atoms with Gasteiger partial charge in [0.05, 0.1) is 18.8 Å². The molecule has 0 aliphatic carbocycles. The first-order valence-corrected chi connectivity index (χ1v) is 17.8. The molecule has 3 heterocycles. The Hall–Kier alpha value is -0.188. The molecular formula is C37H66CsN3O8.